The maximum absolute atomic E-state index is 12.7. The van der Waals surface area contributed by atoms with E-state index >= 15 is 0 Å². The van der Waals surface area contributed by atoms with Crippen LogP contribution in [0.4, 0.5) is 0 Å². The summed E-state index contributed by atoms with van der Waals surface area (Å²) < 4.78 is 38.5. The van der Waals surface area contributed by atoms with Gasteiger partial charge in [-0.05, 0) is 43.0 Å². The molecule has 2 rings (SSSR count). The molecule has 7 nitrogen and oxygen atoms in total. The third-order valence-electron chi connectivity index (χ3n) is 4.03. The Bertz CT molecular complexity index is 965. The standard InChI is InChI=1S/C19H26N2O5S/c1-12(2)11-26-18-10-20-15(8-16(18)22)9-21-27(23,24)19-7-14(4)13(3)6-17(19)25-5/h6-8,10,12,21H,9,11H2,1-5H3,(H,20,22). The molecule has 148 valence electrons. The topological polar surface area (TPSA) is 97.5 Å². The molecule has 0 amide bonds. The monoisotopic (exact) mass is 394 g/mol. The van der Waals surface area contributed by atoms with E-state index in [0.717, 1.165) is 11.1 Å². The first-order chi connectivity index (χ1) is 12.6. The number of aromatic nitrogens is 1. The lowest BCUT2D eigenvalue weighted by Crippen LogP contribution is -2.25. The number of methoxy groups -OCH3 is 1. The molecule has 0 bridgehead atoms. The Morgan fingerprint density at radius 2 is 1.78 bits per heavy atom. The summed E-state index contributed by atoms with van der Waals surface area (Å²) >= 11 is 0. The highest BCUT2D eigenvalue weighted by Crippen LogP contribution is 2.27. The summed E-state index contributed by atoms with van der Waals surface area (Å²) in [6.45, 7) is 8.06. The predicted octanol–water partition coefficient (Wildman–Crippen LogP) is 2.51. The minimum atomic E-state index is -3.81. The van der Waals surface area contributed by atoms with Gasteiger partial charge in [-0.25, -0.2) is 13.1 Å². The third-order valence-corrected chi connectivity index (χ3v) is 5.45. The lowest BCUT2D eigenvalue weighted by molar-refractivity contribution is 0.267. The molecule has 1 heterocycles. The molecule has 2 N–H and O–H groups in total. The lowest BCUT2D eigenvalue weighted by atomic mass is 10.1. The van der Waals surface area contributed by atoms with Crippen molar-refractivity contribution in [3.8, 4) is 11.5 Å². The van der Waals surface area contributed by atoms with Crippen LogP contribution in [0.5, 0.6) is 11.5 Å². The van der Waals surface area contributed by atoms with Gasteiger partial charge >= 0.3 is 0 Å². The lowest BCUT2D eigenvalue weighted by Gasteiger charge is -2.13. The second-order valence-corrected chi connectivity index (χ2v) is 8.54. The van der Waals surface area contributed by atoms with Crippen molar-refractivity contribution in [2.75, 3.05) is 13.7 Å². The summed E-state index contributed by atoms with van der Waals surface area (Å²) in [4.78, 5) is 15.0. The van der Waals surface area contributed by atoms with Crippen molar-refractivity contribution in [1.82, 2.24) is 9.71 Å². The van der Waals surface area contributed by atoms with Gasteiger partial charge in [0.15, 0.2) is 5.75 Å². The molecule has 0 unspecified atom stereocenters. The van der Waals surface area contributed by atoms with E-state index in [1.807, 2.05) is 27.7 Å². The fourth-order valence-electron chi connectivity index (χ4n) is 2.35. The minimum absolute atomic E-state index is 0.0574. The molecular weight excluding hydrogens is 368 g/mol. The normalized spacial score (nSPS) is 11.6. The van der Waals surface area contributed by atoms with Crippen LogP contribution in [0.25, 0.3) is 0 Å². The number of ether oxygens (including phenoxy) is 2. The average Bonchev–Trinajstić information content (AvgIpc) is 2.61. The zero-order valence-corrected chi connectivity index (χ0v) is 17.1. The quantitative estimate of drug-likeness (QED) is 0.717. The van der Waals surface area contributed by atoms with E-state index < -0.39 is 10.0 Å². The van der Waals surface area contributed by atoms with Crippen molar-refractivity contribution in [3.63, 3.8) is 0 Å². The van der Waals surface area contributed by atoms with Gasteiger partial charge < -0.3 is 14.5 Å². The highest BCUT2D eigenvalue weighted by atomic mass is 32.2. The fraction of sp³-hybridized carbons (Fsp3) is 0.421. The summed E-state index contributed by atoms with van der Waals surface area (Å²) in [6.07, 6.45) is 1.45. The average molecular weight is 394 g/mol. The Balaban J connectivity index is 2.17. The van der Waals surface area contributed by atoms with Crippen molar-refractivity contribution < 1.29 is 17.9 Å². The first-order valence-electron chi connectivity index (χ1n) is 8.63. The maximum Gasteiger partial charge on any atom is 0.244 e. The Morgan fingerprint density at radius 3 is 2.37 bits per heavy atom. The highest BCUT2D eigenvalue weighted by Gasteiger charge is 2.20. The van der Waals surface area contributed by atoms with Gasteiger partial charge in [-0.15, -0.1) is 0 Å². The Morgan fingerprint density at radius 1 is 1.11 bits per heavy atom. The highest BCUT2D eigenvalue weighted by molar-refractivity contribution is 7.89. The summed E-state index contributed by atoms with van der Waals surface area (Å²) in [7, 11) is -2.39. The second-order valence-electron chi connectivity index (χ2n) is 6.80. The van der Waals surface area contributed by atoms with E-state index in [-0.39, 0.29) is 28.4 Å². The first kappa shape index (κ1) is 21.0. The summed E-state index contributed by atoms with van der Waals surface area (Å²) in [5.41, 5.74) is 1.92. The van der Waals surface area contributed by atoms with Crippen LogP contribution in [0, 0.1) is 19.8 Å². The molecule has 0 aliphatic carbocycles. The zero-order chi connectivity index (χ0) is 20.2. The third kappa shape index (κ3) is 5.33. The Kier molecular flexibility index (Phi) is 6.67. The molecule has 0 aliphatic heterocycles. The fourth-order valence-corrected chi connectivity index (χ4v) is 3.60. The van der Waals surface area contributed by atoms with E-state index in [0.29, 0.717) is 18.2 Å². The van der Waals surface area contributed by atoms with Crippen LogP contribution in [0.3, 0.4) is 0 Å². The van der Waals surface area contributed by atoms with E-state index in [9.17, 15) is 13.2 Å². The van der Waals surface area contributed by atoms with E-state index in [1.54, 1.807) is 12.1 Å². The number of sulfonamides is 1. The molecule has 1 aromatic heterocycles. The van der Waals surface area contributed by atoms with Crippen LogP contribution >= 0.6 is 0 Å². The maximum atomic E-state index is 12.7. The van der Waals surface area contributed by atoms with Gasteiger partial charge in [0.1, 0.15) is 10.6 Å². The van der Waals surface area contributed by atoms with E-state index in [2.05, 4.69) is 9.71 Å². The molecule has 8 heteroatoms. The molecule has 0 atom stereocenters. The van der Waals surface area contributed by atoms with Crippen LogP contribution in [0.15, 0.2) is 34.1 Å². The van der Waals surface area contributed by atoms with Crippen LogP contribution in [0.1, 0.15) is 30.7 Å². The molecule has 0 aliphatic rings. The molecule has 27 heavy (non-hydrogen) atoms. The molecule has 0 saturated heterocycles. The van der Waals surface area contributed by atoms with Crippen LogP contribution < -0.4 is 19.6 Å². The Labute approximate surface area is 159 Å². The van der Waals surface area contributed by atoms with Crippen molar-refractivity contribution in [3.05, 3.63) is 51.4 Å². The smallest absolute Gasteiger partial charge is 0.244 e. The van der Waals surface area contributed by atoms with Gasteiger partial charge in [0.25, 0.3) is 0 Å². The van der Waals surface area contributed by atoms with Crippen LogP contribution in [-0.4, -0.2) is 27.1 Å². The van der Waals surface area contributed by atoms with E-state index in [1.165, 1.54) is 19.4 Å². The van der Waals surface area contributed by atoms with E-state index in [4.69, 9.17) is 9.47 Å². The summed E-state index contributed by atoms with van der Waals surface area (Å²) in [5.74, 6) is 0.784. The largest absolute Gasteiger partial charge is 0.495 e. The molecule has 0 fully saturated rings. The van der Waals surface area contributed by atoms with Gasteiger partial charge in [0, 0.05) is 18.0 Å². The Hall–Kier alpha value is -2.32. The number of aryl methyl sites for hydroxylation is 2. The second kappa shape index (κ2) is 8.58. The van der Waals surface area contributed by atoms with Crippen molar-refractivity contribution in [2.24, 2.45) is 5.92 Å². The molecular formula is C19H26N2O5S. The number of nitrogens with one attached hydrogen (secondary N) is 2. The van der Waals surface area contributed by atoms with Crippen molar-refractivity contribution in [2.45, 2.75) is 39.1 Å². The summed E-state index contributed by atoms with van der Waals surface area (Å²) in [5, 5.41) is 0. The SMILES string of the molecule is COc1cc(C)c(C)cc1S(=O)(=O)NCc1cc(=O)c(OCC(C)C)c[nH]1. The first-order valence-corrected chi connectivity index (χ1v) is 10.1. The van der Waals surface area contributed by atoms with Gasteiger partial charge in [-0.2, -0.15) is 0 Å². The number of benzene rings is 1. The van der Waals surface area contributed by atoms with Crippen LogP contribution in [-0.2, 0) is 16.6 Å². The summed E-state index contributed by atoms with van der Waals surface area (Å²) in [6, 6.07) is 4.59. The number of hydrogen-bond acceptors (Lipinski definition) is 5. The van der Waals surface area contributed by atoms with Crippen molar-refractivity contribution in [1.29, 1.82) is 0 Å². The number of H-pyrrole nitrogens is 1. The molecule has 0 saturated carbocycles. The van der Waals surface area contributed by atoms with Gasteiger partial charge in [0.2, 0.25) is 15.5 Å². The van der Waals surface area contributed by atoms with Crippen molar-refractivity contribution >= 4 is 10.0 Å². The molecule has 0 radical (unpaired) electrons. The van der Waals surface area contributed by atoms with Crippen LogP contribution in [0.2, 0.25) is 0 Å². The number of pyridine rings is 1. The predicted molar refractivity (Wildman–Crippen MR) is 104 cm³/mol. The van der Waals surface area contributed by atoms with Gasteiger partial charge in [-0.1, -0.05) is 13.8 Å². The minimum Gasteiger partial charge on any atom is -0.495 e. The molecule has 1 aromatic carbocycles. The number of hydrogen-bond donors (Lipinski definition) is 2. The van der Waals surface area contributed by atoms with Gasteiger partial charge in [-0.3, -0.25) is 4.79 Å². The number of rotatable bonds is 8. The zero-order valence-electron chi connectivity index (χ0n) is 16.3. The van der Waals surface area contributed by atoms with Gasteiger partial charge in [0.05, 0.1) is 20.3 Å². The molecule has 0 spiro atoms. The molecule has 2 aromatic rings. The number of aromatic amines is 1.